The molecule has 0 spiro atoms. The molecule has 0 radical (unpaired) electrons. The Kier molecular flexibility index (Phi) is 3.46. The molecule has 16 heavy (non-hydrogen) atoms. The number of aromatic carboxylic acids is 1. The van der Waals surface area contributed by atoms with Crippen LogP contribution in [-0.2, 0) is 4.74 Å². The third kappa shape index (κ3) is 2.54. The maximum Gasteiger partial charge on any atom is 0.335 e. The minimum atomic E-state index is -0.917. The van der Waals surface area contributed by atoms with Gasteiger partial charge in [0.15, 0.2) is 0 Å². The maximum atomic E-state index is 10.8. The number of carbonyl (C=O) groups is 1. The van der Waals surface area contributed by atoms with Gasteiger partial charge in [-0.3, -0.25) is 0 Å². The van der Waals surface area contributed by atoms with E-state index in [0.29, 0.717) is 5.25 Å². The molecule has 2 heterocycles. The number of ether oxygens (including phenoxy) is 1. The van der Waals surface area contributed by atoms with E-state index in [0.717, 1.165) is 18.1 Å². The van der Waals surface area contributed by atoms with Gasteiger partial charge in [0.2, 0.25) is 0 Å². The second kappa shape index (κ2) is 4.84. The van der Waals surface area contributed by atoms with Crippen LogP contribution in [0.25, 0.3) is 0 Å². The number of thioether (sulfide) groups is 1. The van der Waals surface area contributed by atoms with Crippen LogP contribution >= 0.6 is 11.8 Å². The number of aromatic nitrogens is 1. The summed E-state index contributed by atoms with van der Waals surface area (Å²) in [6.45, 7) is 2.81. The molecule has 2 rings (SSSR count). The van der Waals surface area contributed by atoms with Crippen molar-refractivity contribution in [1.29, 1.82) is 0 Å². The highest BCUT2D eigenvalue weighted by Gasteiger charge is 2.25. The lowest BCUT2D eigenvalue weighted by Gasteiger charge is -2.12. The minimum Gasteiger partial charge on any atom is -0.478 e. The molecular formula is C11H13NO3S. The van der Waals surface area contributed by atoms with E-state index < -0.39 is 5.97 Å². The molecule has 2 unspecified atom stereocenters. The van der Waals surface area contributed by atoms with E-state index in [-0.39, 0.29) is 11.7 Å². The lowest BCUT2D eigenvalue weighted by Crippen LogP contribution is -2.13. The lowest BCUT2D eigenvalue weighted by atomic mass is 10.3. The van der Waals surface area contributed by atoms with Crippen LogP contribution in [0.3, 0.4) is 0 Å². The fourth-order valence-corrected chi connectivity index (χ4v) is 2.74. The van der Waals surface area contributed by atoms with Gasteiger partial charge in [-0.2, -0.15) is 0 Å². The van der Waals surface area contributed by atoms with Crippen molar-refractivity contribution in [2.24, 2.45) is 0 Å². The van der Waals surface area contributed by atoms with Crippen molar-refractivity contribution < 1.29 is 14.6 Å². The smallest absolute Gasteiger partial charge is 0.335 e. The number of hydrogen-bond donors (Lipinski definition) is 1. The second-order valence-electron chi connectivity index (χ2n) is 3.71. The van der Waals surface area contributed by atoms with E-state index >= 15 is 0 Å². The SMILES string of the molecule is CC1OCCC1Sc1cc(C(=O)O)ccn1. The summed E-state index contributed by atoms with van der Waals surface area (Å²) in [6.07, 6.45) is 2.73. The topological polar surface area (TPSA) is 59.4 Å². The number of hydrogen-bond acceptors (Lipinski definition) is 4. The van der Waals surface area contributed by atoms with Crippen LogP contribution in [0.1, 0.15) is 23.7 Å². The molecule has 4 nitrogen and oxygen atoms in total. The Bertz CT molecular complexity index is 397. The summed E-state index contributed by atoms with van der Waals surface area (Å²) in [5.74, 6) is -0.917. The van der Waals surface area contributed by atoms with Crippen molar-refractivity contribution in [3.63, 3.8) is 0 Å². The maximum absolute atomic E-state index is 10.8. The van der Waals surface area contributed by atoms with Crippen LogP contribution in [0.15, 0.2) is 23.4 Å². The van der Waals surface area contributed by atoms with Gasteiger partial charge in [-0.05, 0) is 25.5 Å². The van der Waals surface area contributed by atoms with Crippen molar-refractivity contribution in [3.8, 4) is 0 Å². The molecule has 1 aliphatic rings. The molecule has 2 atom stereocenters. The highest BCUT2D eigenvalue weighted by atomic mass is 32.2. The Hall–Kier alpha value is -1.07. The molecule has 0 aromatic carbocycles. The Morgan fingerprint density at radius 3 is 3.12 bits per heavy atom. The van der Waals surface area contributed by atoms with Gasteiger partial charge < -0.3 is 9.84 Å². The first-order valence-electron chi connectivity index (χ1n) is 5.14. The number of rotatable bonds is 3. The molecule has 1 fully saturated rings. The first kappa shape index (κ1) is 11.4. The van der Waals surface area contributed by atoms with Gasteiger partial charge in [0, 0.05) is 18.1 Å². The van der Waals surface area contributed by atoms with Crippen molar-refractivity contribution >= 4 is 17.7 Å². The average molecular weight is 239 g/mol. The average Bonchev–Trinajstić information content (AvgIpc) is 2.65. The Labute approximate surface area is 98.0 Å². The number of nitrogens with zero attached hydrogens (tertiary/aromatic N) is 1. The summed E-state index contributed by atoms with van der Waals surface area (Å²) in [4.78, 5) is 15.0. The van der Waals surface area contributed by atoms with E-state index in [2.05, 4.69) is 4.98 Å². The predicted octanol–water partition coefficient (Wildman–Crippen LogP) is 2.05. The zero-order valence-corrected chi connectivity index (χ0v) is 9.74. The monoisotopic (exact) mass is 239 g/mol. The largest absolute Gasteiger partial charge is 0.478 e. The normalized spacial score (nSPS) is 24.6. The van der Waals surface area contributed by atoms with Crippen molar-refractivity contribution in [2.75, 3.05) is 6.61 Å². The number of carboxylic acids is 1. The summed E-state index contributed by atoms with van der Waals surface area (Å²) in [6, 6.07) is 3.11. The van der Waals surface area contributed by atoms with Crippen LogP contribution in [0.4, 0.5) is 0 Å². The molecule has 1 saturated heterocycles. The quantitative estimate of drug-likeness (QED) is 0.874. The highest BCUT2D eigenvalue weighted by Crippen LogP contribution is 2.31. The van der Waals surface area contributed by atoms with E-state index in [4.69, 9.17) is 9.84 Å². The van der Waals surface area contributed by atoms with Crippen molar-refractivity contribution in [3.05, 3.63) is 23.9 Å². The van der Waals surface area contributed by atoms with Crippen molar-refractivity contribution in [2.45, 2.75) is 29.7 Å². The van der Waals surface area contributed by atoms with Crippen LogP contribution in [0.2, 0.25) is 0 Å². The molecule has 1 N–H and O–H groups in total. The van der Waals surface area contributed by atoms with Crippen molar-refractivity contribution in [1.82, 2.24) is 4.98 Å². The second-order valence-corrected chi connectivity index (χ2v) is 4.97. The van der Waals surface area contributed by atoms with E-state index in [9.17, 15) is 4.79 Å². The molecular weight excluding hydrogens is 226 g/mol. The van der Waals surface area contributed by atoms with Gasteiger partial charge in [0.05, 0.1) is 16.7 Å². The molecule has 5 heteroatoms. The van der Waals surface area contributed by atoms with Gasteiger partial charge in [-0.25, -0.2) is 9.78 Å². The van der Waals surface area contributed by atoms with E-state index in [1.165, 1.54) is 12.3 Å². The van der Waals surface area contributed by atoms with E-state index in [1.54, 1.807) is 17.8 Å². The molecule has 0 bridgehead atoms. The predicted molar refractivity (Wildman–Crippen MR) is 60.9 cm³/mol. The third-order valence-corrected chi connectivity index (χ3v) is 3.95. The molecule has 1 aliphatic heterocycles. The van der Waals surface area contributed by atoms with Gasteiger partial charge in [0.1, 0.15) is 0 Å². The first-order chi connectivity index (χ1) is 7.66. The standard InChI is InChI=1S/C11H13NO3S/c1-7-9(3-5-15-7)16-10-6-8(11(13)14)2-4-12-10/h2,4,6-7,9H,3,5H2,1H3,(H,13,14). The van der Waals surface area contributed by atoms with Crippen LogP contribution in [-0.4, -0.2) is 34.0 Å². The van der Waals surface area contributed by atoms with Crippen LogP contribution in [0.5, 0.6) is 0 Å². The van der Waals surface area contributed by atoms with Gasteiger partial charge in [0.25, 0.3) is 0 Å². The minimum absolute atomic E-state index is 0.209. The summed E-state index contributed by atoms with van der Waals surface area (Å²) in [7, 11) is 0. The molecule has 0 aliphatic carbocycles. The molecule has 86 valence electrons. The lowest BCUT2D eigenvalue weighted by molar-refractivity contribution is 0.0696. The fraction of sp³-hybridized carbons (Fsp3) is 0.455. The number of carboxylic acid groups (broad SMARTS) is 1. The van der Waals surface area contributed by atoms with Gasteiger partial charge in [-0.15, -0.1) is 11.8 Å². The molecule has 0 amide bonds. The molecule has 1 aromatic rings. The summed E-state index contributed by atoms with van der Waals surface area (Å²) in [5.41, 5.74) is 0.282. The summed E-state index contributed by atoms with van der Waals surface area (Å²) < 4.78 is 5.45. The Balaban J connectivity index is 2.09. The molecule has 1 aromatic heterocycles. The van der Waals surface area contributed by atoms with Gasteiger partial charge >= 0.3 is 5.97 Å². The highest BCUT2D eigenvalue weighted by molar-refractivity contribution is 7.99. The van der Waals surface area contributed by atoms with Crippen LogP contribution < -0.4 is 0 Å². The van der Waals surface area contributed by atoms with Crippen LogP contribution in [0, 0.1) is 0 Å². The fourth-order valence-electron chi connectivity index (χ4n) is 1.63. The Morgan fingerprint density at radius 2 is 2.50 bits per heavy atom. The Morgan fingerprint density at radius 1 is 1.69 bits per heavy atom. The first-order valence-corrected chi connectivity index (χ1v) is 6.02. The molecule has 0 saturated carbocycles. The third-order valence-electron chi connectivity index (χ3n) is 2.56. The van der Waals surface area contributed by atoms with E-state index in [1.807, 2.05) is 6.92 Å². The van der Waals surface area contributed by atoms with Gasteiger partial charge in [-0.1, -0.05) is 0 Å². The number of pyridine rings is 1. The summed E-state index contributed by atoms with van der Waals surface area (Å²) in [5, 5.41) is 9.98. The summed E-state index contributed by atoms with van der Waals surface area (Å²) >= 11 is 1.59. The zero-order chi connectivity index (χ0) is 11.5. The zero-order valence-electron chi connectivity index (χ0n) is 8.92.